The molecule has 0 aliphatic rings. The van der Waals surface area contributed by atoms with Crippen LogP contribution in [0.25, 0.3) is 0 Å². The summed E-state index contributed by atoms with van der Waals surface area (Å²) in [6.45, 7) is 4.80. The quantitative estimate of drug-likeness (QED) is 0.0357. The number of phosphoric acid groups is 1. The van der Waals surface area contributed by atoms with E-state index in [2.05, 4.69) is 19.2 Å². The minimum atomic E-state index is -4.57. The highest BCUT2D eigenvalue weighted by Crippen LogP contribution is 2.38. The Kier molecular flexibility index (Phi) is 57.8. The summed E-state index contributed by atoms with van der Waals surface area (Å²) in [6.07, 6.45) is 71.7. The SMILES string of the molecule is CCCCCCCCCCCCCCCCCCCCCCCCCCCCCC(O)C(COP(=O)([O-])OCC[N+](C)(C)C)NC(=O)CCCCCCCCCCCCCCCCCCCCCCCCCCCC. The zero-order valence-electron chi connectivity index (χ0n) is 51.5. The summed E-state index contributed by atoms with van der Waals surface area (Å²) in [5, 5.41) is 14.1. The highest BCUT2D eigenvalue weighted by atomic mass is 31.2. The Labute approximate surface area is 470 Å². The number of phosphoric ester groups is 1. The Hall–Kier alpha value is -0.500. The van der Waals surface area contributed by atoms with Gasteiger partial charge < -0.3 is 28.8 Å². The first-order valence-electron chi connectivity index (χ1n) is 33.9. The Morgan fingerprint density at radius 2 is 0.653 bits per heavy atom. The molecule has 2 N–H and O–H groups in total. The fourth-order valence-electron chi connectivity index (χ4n) is 10.8. The predicted molar refractivity (Wildman–Crippen MR) is 326 cm³/mol. The third-order valence-corrected chi connectivity index (χ3v) is 17.1. The van der Waals surface area contributed by atoms with Gasteiger partial charge in [-0.05, 0) is 12.8 Å². The lowest BCUT2D eigenvalue weighted by molar-refractivity contribution is -0.870. The standard InChI is InChI=1S/C66H135N2O6P/c1-6-8-10-12-14-16-18-20-22-24-26-28-30-32-34-35-37-39-41-43-45-47-49-51-53-55-57-59-65(69)64(63-74-75(71,72)73-62-61-68(3,4)5)67-66(70)60-58-56-54-52-50-48-46-44-42-40-38-36-33-31-29-27-25-23-21-19-17-15-13-11-9-7-2/h64-65,69H,6-63H2,1-5H3,(H-,67,70,71,72). The largest absolute Gasteiger partial charge is 0.756 e. The molecule has 0 saturated carbocycles. The van der Waals surface area contributed by atoms with Crippen LogP contribution in [-0.4, -0.2) is 68.5 Å². The van der Waals surface area contributed by atoms with E-state index >= 15 is 0 Å². The van der Waals surface area contributed by atoms with Crippen LogP contribution in [-0.2, 0) is 18.4 Å². The number of aliphatic hydroxyl groups excluding tert-OH is 1. The molecule has 0 aliphatic carbocycles. The molecule has 0 spiro atoms. The monoisotopic (exact) mass is 1080 g/mol. The minimum absolute atomic E-state index is 0.0169. The van der Waals surface area contributed by atoms with Crippen LogP contribution in [0.5, 0.6) is 0 Å². The highest BCUT2D eigenvalue weighted by Gasteiger charge is 2.24. The summed E-state index contributed by atoms with van der Waals surface area (Å²) in [5.74, 6) is -0.154. The smallest absolute Gasteiger partial charge is 0.268 e. The van der Waals surface area contributed by atoms with Gasteiger partial charge in [-0.25, -0.2) is 0 Å². The second kappa shape index (κ2) is 58.2. The van der Waals surface area contributed by atoms with Gasteiger partial charge >= 0.3 is 0 Å². The Bertz CT molecular complexity index is 1180. The summed E-state index contributed by atoms with van der Waals surface area (Å²) in [6, 6.07) is -0.796. The molecule has 0 saturated heterocycles. The molecule has 0 fully saturated rings. The Morgan fingerprint density at radius 1 is 0.413 bits per heavy atom. The van der Waals surface area contributed by atoms with Crippen molar-refractivity contribution in [1.29, 1.82) is 0 Å². The molecule has 0 aliphatic heterocycles. The Morgan fingerprint density at radius 3 is 0.907 bits per heavy atom. The van der Waals surface area contributed by atoms with Crippen molar-refractivity contribution in [2.45, 2.75) is 379 Å². The van der Waals surface area contributed by atoms with Crippen LogP contribution >= 0.6 is 7.82 Å². The summed E-state index contributed by atoms with van der Waals surface area (Å²) >= 11 is 0. The maximum Gasteiger partial charge on any atom is 0.268 e. The van der Waals surface area contributed by atoms with Crippen molar-refractivity contribution in [3.63, 3.8) is 0 Å². The van der Waals surface area contributed by atoms with E-state index in [1.165, 1.54) is 302 Å². The van der Waals surface area contributed by atoms with E-state index in [1.54, 1.807) is 0 Å². The van der Waals surface area contributed by atoms with Crippen molar-refractivity contribution < 1.29 is 32.9 Å². The van der Waals surface area contributed by atoms with Crippen molar-refractivity contribution in [2.75, 3.05) is 40.9 Å². The lowest BCUT2D eigenvalue weighted by atomic mass is 10.0. The Balaban J connectivity index is 4.01. The van der Waals surface area contributed by atoms with Crippen LogP contribution in [0.1, 0.15) is 367 Å². The zero-order valence-corrected chi connectivity index (χ0v) is 52.4. The number of aliphatic hydroxyl groups is 1. The number of amides is 1. The fourth-order valence-corrected chi connectivity index (χ4v) is 11.5. The number of hydrogen-bond acceptors (Lipinski definition) is 6. The third kappa shape index (κ3) is 61.0. The van der Waals surface area contributed by atoms with E-state index in [4.69, 9.17) is 9.05 Å². The van der Waals surface area contributed by atoms with Gasteiger partial charge in [0.2, 0.25) is 5.91 Å². The molecule has 0 radical (unpaired) electrons. The number of unbranched alkanes of at least 4 members (excludes halogenated alkanes) is 51. The molecule has 3 atom stereocenters. The maximum absolute atomic E-state index is 13.0. The van der Waals surface area contributed by atoms with Crippen LogP contribution in [0, 0.1) is 0 Å². The second-order valence-corrected chi connectivity index (χ2v) is 26.3. The minimum Gasteiger partial charge on any atom is -0.756 e. The van der Waals surface area contributed by atoms with Crippen molar-refractivity contribution in [3.05, 3.63) is 0 Å². The molecule has 0 bridgehead atoms. The lowest BCUT2D eigenvalue weighted by Crippen LogP contribution is -2.46. The van der Waals surface area contributed by atoms with Crippen molar-refractivity contribution >= 4 is 13.7 Å². The molecule has 0 aromatic heterocycles. The average Bonchev–Trinajstić information content (AvgIpc) is 3.37. The van der Waals surface area contributed by atoms with Gasteiger partial charge in [-0.2, -0.15) is 0 Å². The predicted octanol–water partition coefficient (Wildman–Crippen LogP) is 20.5. The van der Waals surface area contributed by atoms with E-state index in [0.717, 1.165) is 38.5 Å². The molecule has 0 heterocycles. The first kappa shape index (κ1) is 74.5. The fraction of sp³-hybridized carbons (Fsp3) is 0.985. The van der Waals surface area contributed by atoms with Crippen LogP contribution < -0.4 is 10.2 Å². The topological polar surface area (TPSA) is 108 Å². The number of likely N-dealkylation sites (N-methyl/N-ethyl adjacent to an activating group) is 1. The van der Waals surface area contributed by atoms with E-state index < -0.39 is 20.0 Å². The van der Waals surface area contributed by atoms with Gasteiger partial charge in [0.15, 0.2) is 0 Å². The molecule has 1 amide bonds. The van der Waals surface area contributed by atoms with Crippen LogP contribution in [0.15, 0.2) is 0 Å². The molecule has 8 nitrogen and oxygen atoms in total. The second-order valence-electron chi connectivity index (χ2n) is 24.9. The van der Waals surface area contributed by atoms with Crippen molar-refractivity contribution in [2.24, 2.45) is 0 Å². The summed E-state index contributed by atoms with van der Waals surface area (Å²) in [5.41, 5.74) is 0. The van der Waals surface area contributed by atoms with Crippen molar-refractivity contribution in [1.82, 2.24) is 5.32 Å². The van der Waals surface area contributed by atoms with Gasteiger partial charge in [0, 0.05) is 6.42 Å². The lowest BCUT2D eigenvalue weighted by Gasteiger charge is -2.30. The maximum atomic E-state index is 13.0. The number of nitrogens with one attached hydrogen (secondary N) is 1. The van der Waals surface area contributed by atoms with Crippen molar-refractivity contribution in [3.8, 4) is 0 Å². The number of rotatable bonds is 64. The van der Waals surface area contributed by atoms with Crippen LogP contribution in [0.3, 0.4) is 0 Å². The number of hydrogen-bond donors (Lipinski definition) is 2. The molecular weight excluding hydrogens is 948 g/mol. The molecule has 0 aromatic rings. The van der Waals surface area contributed by atoms with Gasteiger partial charge in [0.05, 0.1) is 39.9 Å². The van der Waals surface area contributed by atoms with Crippen LogP contribution in [0.4, 0.5) is 0 Å². The zero-order chi connectivity index (χ0) is 54.9. The van der Waals surface area contributed by atoms with Gasteiger partial charge in [0.25, 0.3) is 7.82 Å². The number of carbonyl (C=O) groups is 1. The van der Waals surface area contributed by atoms with E-state index in [9.17, 15) is 19.4 Å². The number of quaternary nitrogens is 1. The first-order valence-corrected chi connectivity index (χ1v) is 35.3. The van der Waals surface area contributed by atoms with Gasteiger partial charge in [-0.1, -0.05) is 348 Å². The average molecular weight is 1080 g/mol. The number of nitrogens with zero attached hydrogens (tertiary/aromatic N) is 1. The molecule has 0 rings (SSSR count). The summed E-state index contributed by atoms with van der Waals surface area (Å²) in [7, 11) is 1.33. The molecule has 0 aromatic carbocycles. The molecule has 9 heteroatoms. The summed E-state index contributed by atoms with van der Waals surface area (Å²) in [4.78, 5) is 25.6. The highest BCUT2D eigenvalue weighted by molar-refractivity contribution is 7.45. The van der Waals surface area contributed by atoms with E-state index in [-0.39, 0.29) is 19.1 Å². The number of carbonyl (C=O) groups excluding carboxylic acids is 1. The normalized spacial score (nSPS) is 13.6. The molecule has 450 valence electrons. The van der Waals surface area contributed by atoms with E-state index in [0.29, 0.717) is 23.9 Å². The first-order chi connectivity index (χ1) is 36.5. The molecule has 3 unspecified atom stereocenters. The third-order valence-electron chi connectivity index (χ3n) is 16.1. The van der Waals surface area contributed by atoms with Gasteiger partial charge in [0.1, 0.15) is 13.2 Å². The molecule has 75 heavy (non-hydrogen) atoms. The summed E-state index contributed by atoms with van der Waals surface area (Å²) < 4.78 is 23.5. The van der Waals surface area contributed by atoms with Gasteiger partial charge in [-0.15, -0.1) is 0 Å². The molecular formula is C66H135N2O6P. The van der Waals surface area contributed by atoms with Gasteiger partial charge in [-0.3, -0.25) is 9.36 Å². The van der Waals surface area contributed by atoms with E-state index in [1.807, 2.05) is 21.1 Å². The van der Waals surface area contributed by atoms with Crippen LogP contribution in [0.2, 0.25) is 0 Å².